The fraction of sp³-hybridized carbons (Fsp3) is 0.500. The Hall–Kier alpha value is -2.37. The van der Waals surface area contributed by atoms with Gasteiger partial charge in [-0.15, -0.1) is 0 Å². The van der Waals surface area contributed by atoms with E-state index in [2.05, 4.69) is 10.6 Å². The van der Waals surface area contributed by atoms with E-state index in [1.165, 1.54) is 0 Å². The Balaban J connectivity index is 1.60. The molecule has 6 heteroatoms. The molecule has 1 fully saturated rings. The van der Waals surface area contributed by atoms with Crippen LogP contribution in [-0.4, -0.2) is 48.8 Å². The zero-order chi connectivity index (χ0) is 17.4. The van der Waals surface area contributed by atoms with Gasteiger partial charge in [0.25, 0.3) is 5.91 Å². The number of carbonyl (C=O) groups is 3. The lowest BCUT2D eigenvalue weighted by atomic mass is 10.1. The van der Waals surface area contributed by atoms with Gasteiger partial charge in [0, 0.05) is 44.6 Å². The molecule has 1 aliphatic heterocycles. The molecular weight excluding hydrogens is 306 g/mol. The molecule has 6 nitrogen and oxygen atoms in total. The van der Waals surface area contributed by atoms with Crippen LogP contribution < -0.4 is 10.6 Å². The van der Waals surface area contributed by atoms with Gasteiger partial charge < -0.3 is 15.5 Å². The molecule has 0 atom stereocenters. The molecule has 24 heavy (non-hydrogen) atoms. The summed E-state index contributed by atoms with van der Waals surface area (Å²) in [4.78, 5) is 37.4. The lowest BCUT2D eigenvalue weighted by Crippen LogP contribution is -2.34. The maximum absolute atomic E-state index is 12.0. The summed E-state index contributed by atoms with van der Waals surface area (Å²) in [5.74, 6) is -0.236. The van der Waals surface area contributed by atoms with Gasteiger partial charge in [0.05, 0.1) is 0 Å². The van der Waals surface area contributed by atoms with Crippen LogP contribution in [0, 0.1) is 6.92 Å². The lowest BCUT2D eigenvalue weighted by molar-refractivity contribution is -0.130. The first-order chi connectivity index (χ1) is 11.6. The predicted molar refractivity (Wildman–Crippen MR) is 91.6 cm³/mol. The molecule has 1 aliphatic rings. The average molecular weight is 331 g/mol. The molecule has 2 N–H and O–H groups in total. The van der Waals surface area contributed by atoms with Crippen molar-refractivity contribution in [2.75, 3.05) is 26.2 Å². The Morgan fingerprint density at radius 3 is 2.38 bits per heavy atom. The quantitative estimate of drug-likeness (QED) is 0.789. The van der Waals surface area contributed by atoms with Gasteiger partial charge in [-0.3, -0.25) is 14.4 Å². The van der Waals surface area contributed by atoms with Crippen LogP contribution in [-0.2, 0) is 9.59 Å². The van der Waals surface area contributed by atoms with Crippen molar-refractivity contribution < 1.29 is 14.4 Å². The van der Waals surface area contributed by atoms with Crippen molar-refractivity contribution >= 4 is 17.7 Å². The standard InChI is InChI=1S/C18H25N3O3/c1-14-6-2-3-7-15(14)18(24)20-10-8-16(22)19-11-9-17(23)21-12-4-5-13-21/h2-3,6-7H,4-5,8-13H2,1H3,(H,19,22)(H,20,24). The molecule has 1 heterocycles. The number of carbonyl (C=O) groups excluding carboxylic acids is 3. The predicted octanol–water partition coefficient (Wildman–Crippen LogP) is 1.24. The van der Waals surface area contributed by atoms with E-state index in [1.54, 1.807) is 6.07 Å². The maximum Gasteiger partial charge on any atom is 0.251 e. The van der Waals surface area contributed by atoms with Crippen molar-refractivity contribution in [1.29, 1.82) is 0 Å². The summed E-state index contributed by atoms with van der Waals surface area (Å²) in [6, 6.07) is 7.32. The highest BCUT2D eigenvalue weighted by atomic mass is 16.2. The molecule has 0 unspecified atom stereocenters. The van der Waals surface area contributed by atoms with Crippen LogP contribution in [0.15, 0.2) is 24.3 Å². The maximum atomic E-state index is 12.0. The first-order valence-electron chi connectivity index (χ1n) is 8.46. The van der Waals surface area contributed by atoms with E-state index in [9.17, 15) is 14.4 Å². The van der Waals surface area contributed by atoms with Crippen molar-refractivity contribution in [2.24, 2.45) is 0 Å². The summed E-state index contributed by atoms with van der Waals surface area (Å²) in [6.45, 7) is 4.16. The van der Waals surface area contributed by atoms with Gasteiger partial charge >= 0.3 is 0 Å². The Labute approximate surface area is 142 Å². The van der Waals surface area contributed by atoms with Gasteiger partial charge in [0.15, 0.2) is 0 Å². The van der Waals surface area contributed by atoms with Crippen LogP contribution in [0.4, 0.5) is 0 Å². The van der Waals surface area contributed by atoms with Crippen molar-refractivity contribution in [2.45, 2.75) is 32.6 Å². The second kappa shape index (κ2) is 9.05. The van der Waals surface area contributed by atoms with E-state index >= 15 is 0 Å². The van der Waals surface area contributed by atoms with Crippen molar-refractivity contribution in [3.8, 4) is 0 Å². The van der Waals surface area contributed by atoms with Crippen molar-refractivity contribution in [3.05, 3.63) is 35.4 Å². The summed E-state index contributed by atoms with van der Waals surface area (Å²) in [7, 11) is 0. The minimum absolute atomic E-state index is 0.0978. The average Bonchev–Trinajstić information content (AvgIpc) is 3.09. The van der Waals surface area contributed by atoms with Gasteiger partial charge in [-0.25, -0.2) is 0 Å². The molecule has 0 spiro atoms. The normalized spacial score (nSPS) is 13.6. The number of benzene rings is 1. The molecule has 0 aliphatic carbocycles. The molecule has 1 aromatic rings. The van der Waals surface area contributed by atoms with Crippen LogP contribution in [0.1, 0.15) is 41.6 Å². The van der Waals surface area contributed by atoms with Gasteiger partial charge in [0.1, 0.15) is 0 Å². The lowest BCUT2D eigenvalue weighted by Gasteiger charge is -2.15. The number of likely N-dealkylation sites (tertiary alicyclic amines) is 1. The first kappa shape index (κ1) is 18.0. The number of nitrogens with zero attached hydrogens (tertiary/aromatic N) is 1. The molecule has 1 aromatic carbocycles. The minimum atomic E-state index is -0.176. The van der Waals surface area contributed by atoms with E-state index in [1.807, 2.05) is 30.0 Å². The Kier molecular flexibility index (Phi) is 6.78. The fourth-order valence-electron chi connectivity index (χ4n) is 2.73. The summed E-state index contributed by atoms with van der Waals surface area (Å²) >= 11 is 0. The highest BCUT2D eigenvalue weighted by Gasteiger charge is 2.17. The second-order valence-corrected chi connectivity index (χ2v) is 6.01. The number of aryl methyl sites for hydroxylation is 1. The third kappa shape index (κ3) is 5.37. The second-order valence-electron chi connectivity index (χ2n) is 6.01. The smallest absolute Gasteiger partial charge is 0.251 e. The molecule has 0 aromatic heterocycles. The highest BCUT2D eigenvalue weighted by molar-refractivity contribution is 5.95. The van der Waals surface area contributed by atoms with E-state index in [-0.39, 0.29) is 30.7 Å². The minimum Gasteiger partial charge on any atom is -0.356 e. The van der Waals surface area contributed by atoms with Crippen molar-refractivity contribution in [3.63, 3.8) is 0 Å². The fourth-order valence-corrected chi connectivity index (χ4v) is 2.73. The highest BCUT2D eigenvalue weighted by Crippen LogP contribution is 2.08. The number of rotatable bonds is 7. The van der Waals surface area contributed by atoms with Crippen LogP contribution >= 0.6 is 0 Å². The SMILES string of the molecule is Cc1ccccc1C(=O)NCCC(=O)NCCC(=O)N1CCCC1. The van der Waals surface area contributed by atoms with Gasteiger partial charge in [-0.05, 0) is 31.4 Å². The molecule has 130 valence electrons. The Bertz CT molecular complexity index is 595. The number of hydrogen-bond acceptors (Lipinski definition) is 3. The van der Waals surface area contributed by atoms with Crippen LogP contribution in [0.2, 0.25) is 0 Å². The molecule has 2 rings (SSSR count). The zero-order valence-electron chi connectivity index (χ0n) is 14.1. The van der Waals surface area contributed by atoms with Crippen LogP contribution in [0.5, 0.6) is 0 Å². The summed E-state index contributed by atoms with van der Waals surface area (Å²) < 4.78 is 0. The van der Waals surface area contributed by atoms with Gasteiger partial charge in [-0.2, -0.15) is 0 Å². The van der Waals surface area contributed by atoms with Gasteiger partial charge in [0.2, 0.25) is 11.8 Å². The molecule has 3 amide bonds. The first-order valence-corrected chi connectivity index (χ1v) is 8.46. The van der Waals surface area contributed by atoms with E-state index in [4.69, 9.17) is 0 Å². The van der Waals surface area contributed by atoms with E-state index in [0.29, 0.717) is 18.5 Å². The largest absolute Gasteiger partial charge is 0.356 e. The zero-order valence-corrected chi connectivity index (χ0v) is 14.1. The van der Waals surface area contributed by atoms with Crippen LogP contribution in [0.3, 0.4) is 0 Å². The topological polar surface area (TPSA) is 78.5 Å². The van der Waals surface area contributed by atoms with E-state index in [0.717, 1.165) is 31.5 Å². The monoisotopic (exact) mass is 331 g/mol. The third-order valence-electron chi connectivity index (χ3n) is 4.15. The van der Waals surface area contributed by atoms with Crippen LogP contribution in [0.25, 0.3) is 0 Å². The summed E-state index contributed by atoms with van der Waals surface area (Å²) in [5.41, 5.74) is 1.52. The van der Waals surface area contributed by atoms with E-state index < -0.39 is 0 Å². The Morgan fingerprint density at radius 1 is 1.00 bits per heavy atom. The molecule has 0 saturated carbocycles. The summed E-state index contributed by atoms with van der Waals surface area (Å²) in [6.07, 6.45) is 2.67. The van der Waals surface area contributed by atoms with Crippen molar-refractivity contribution in [1.82, 2.24) is 15.5 Å². The molecular formula is C18H25N3O3. The van der Waals surface area contributed by atoms with Gasteiger partial charge in [-0.1, -0.05) is 18.2 Å². The number of nitrogens with one attached hydrogen (secondary N) is 2. The Morgan fingerprint density at radius 2 is 1.67 bits per heavy atom. The summed E-state index contributed by atoms with van der Waals surface area (Å²) in [5, 5.41) is 5.46. The molecule has 1 saturated heterocycles. The number of amides is 3. The number of hydrogen-bond donors (Lipinski definition) is 2. The molecule has 0 radical (unpaired) electrons. The molecule has 0 bridgehead atoms. The third-order valence-corrected chi connectivity index (χ3v) is 4.15.